The van der Waals surface area contributed by atoms with Gasteiger partial charge < -0.3 is 24.8 Å². The summed E-state index contributed by atoms with van der Waals surface area (Å²) in [6.45, 7) is 9.17. The molecule has 0 unspecified atom stereocenters. The van der Waals surface area contributed by atoms with E-state index in [4.69, 9.17) is 0 Å². The molecule has 0 saturated heterocycles. The Labute approximate surface area is 253 Å². The van der Waals surface area contributed by atoms with Crippen molar-refractivity contribution in [2.24, 2.45) is 5.92 Å². The number of allylic oxidation sites excluding steroid dienone is 4. The van der Waals surface area contributed by atoms with E-state index in [9.17, 15) is 0 Å². The van der Waals surface area contributed by atoms with Crippen LogP contribution >= 0.6 is 0 Å². The fourth-order valence-corrected chi connectivity index (χ4v) is 15.2. The third kappa shape index (κ3) is 5.65. The molecule has 196 valence electrons. The molecular formula is C36H34Cl2Zr. The summed E-state index contributed by atoms with van der Waals surface area (Å²) >= 11 is -2.61. The van der Waals surface area contributed by atoms with E-state index in [2.05, 4.69) is 137 Å². The van der Waals surface area contributed by atoms with E-state index >= 15 is 0 Å². The number of hydrogen-bond donors (Lipinski definition) is 0. The molecule has 0 spiro atoms. The van der Waals surface area contributed by atoms with E-state index in [0.29, 0.717) is 9.54 Å². The quantitative estimate of drug-likeness (QED) is 0.319. The first-order valence-corrected chi connectivity index (χ1v) is 17.4. The van der Waals surface area contributed by atoms with Gasteiger partial charge in [-0.1, -0.05) is 0 Å². The Bertz CT molecular complexity index is 1480. The van der Waals surface area contributed by atoms with Crippen LogP contribution in [0.1, 0.15) is 57.3 Å². The van der Waals surface area contributed by atoms with Gasteiger partial charge in [0.25, 0.3) is 0 Å². The van der Waals surface area contributed by atoms with Crippen LogP contribution in [-0.2, 0) is 21.3 Å². The number of benzene rings is 4. The summed E-state index contributed by atoms with van der Waals surface area (Å²) in [7, 11) is 0. The first kappa shape index (κ1) is 29.7. The largest absolute Gasteiger partial charge is 1.00 e. The van der Waals surface area contributed by atoms with Gasteiger partial charge in [-0.3, -0.25) is 0 Å². The predicted molar refractivity (Wildman–Crippen MR) is 155 cm³/mol. The Kier molecular flexibility index (Phi) is 9.49. The summed E-state index contributed by atoms with van der Waals surface area (Å²) in [6.07, 6.45) is 6.22. The van der Waals surface area contributed by atoms with Gasteiger partial charge >= 0.3 is 231 Å². The van der Waals surface area contributed by atoms with Crippen molar-refractivity contribution in [1.82, 2.24) is 0 Å². The van der Waals surface area contributed by atoms with E-state index in [0.717, 1.165) is 6.42 Å². The van der Waals surface area contributed by atoms with Crippen molar-refractivity contribution < 1.29 is 46.1 Å². The van der Waals surface area contributed by atoms with Gasteiger partial charge in [-0.2, -0.15) is 0 Å². The van der Waals surface area contributed by atoms with Crippen LogP contribution in [0.5, 0.6) is 0 Å². The zero-order valence-corrected chi connectivity index (χ0v) is 27.0. The van der Waals surface area contributed by atoms with Gasteiger partial charge in [0.1, 0.15) is 0 Å². The molecule has 2 aliphatic carbocycles. The number of aryl methyl sites for hydroxylation is 2. The van der Waals surface area contributed by atoms with E-state index in [1.165, 1.54) is 39.0 Å². The Hall–Kier alpha value is -2.31. The smallest absolute Gasteiger partial charge is 1.00 e. The molecule has 0 amide bonds. The van der Waals surface area contributed by atoms with E-state index < -0.39 is 21.3 Å². The van der Waals surface area contributed by atoms with Crippen molar-refractivity contribution in [1.29, 1.82) is 0 Å². The number of halogens is 2. The molecule has 0 atom stereocenters. The first-order valence-electron chi connectivity index (χ1n) is 13.5. The average molecular weight is 629 g/mol. The molecule has 4 aromatic rings. The van der Waals surface area contributed by atoms with Gasteiger partial charge in [0, 0.05) is 0 Å². The molecule has 3 heteroatoms. The fraction of sp³-hybridized carbons (Fsp3) is 0.194. The van der Waals surface area contributed by atoms with Crippen molar-refractivity contribution in [2.75, 3.05) is 0 Å². The van der Waals surface area contributed by atoms with Crippen molar-refractivity contribution in [3.63, 3.8) is 0 Å². The summed E-state index contributed by atoms with van der Waals surface area (Å²) in [5.41, 5.74) is 13.0. The maximum absolute atomic E-state index is 2.61. The van der Waals surface area contributed by atoms with Gasteiger partial charge in [-0.15, -0.1) is 0 Å². The van der Waals surface area contributed by atoms with E-state index in [1.54, 1.807) is 17.6 Å². The predicted octanol–water partition coefficient (Wildman–Crippen LogP) is 3.14. The van der Waals surface area contributed by atoms with Crippen LogP contribution in [-0.4, -0.2) is 3.21 Å². The minimum atomic E-state index is -2.61. The molecule has 0 aromatic heterocycles. The van der Waals surface area contributed by atoms with Gasteiger partial charge in [-0.25, -0.2) is 0 Å². The molecule has 0 heterocycles. The van der Waals surface area contributed by atoms with Gasteiger partial charge in [0.2, 0.25) is 0 Å². The third-order valence-electron chi connectivity index (χ3n) is 7.92. The second kappa shape index (κ2) is 12.5. The van der Waals surface area contributed by atoms with Crippen LogP contribution in [0.4, 0.5) is 0 Å². The summed E-state index contributed by atoms with van der Waals surface area (Å²) in [4.78, 5) is 0. The normalized spacial score (nSPS) is 13.3. The molecule has 0 aliphatic heterocycles. The standard InChI is InChI=1S/C15H13.C13H10.C8H11.2ClH.Zr/c1-10-3-5-14-12(7-10)9-13-8-11(2)4-6-15(13)14;1-3-7-12(8-4-1)11-13-9-5-2-6-10-13;1-7(2)8-5-3-4-6-8;;;/h3-9H,1-2H3;1-10H;5-7H,3H2,1-2H3;2*1H;/q;;;;;+2/p-2. The molecule has 0 fully saturated rings. The number of rotatable bonds is 5. The maximum atomic E-state index is 2.61. The average Bonchev–Trinajstić information content (AvgIpc) is 3.51. The van der Waals surface area contributed by atoms with Gasteiger partial charge in [0.05, 0.1) is 0 Å². The molecule has 0 bridgehead atoms. The van der Waals surface area contributed by atoms with E-state index in [1.807, 2.05) is 0 Å². The SMILES string of the molecule is Cc1ccc2c(c1)[CH]([Zr+2]([C]1=CC(C(C)C)=CC1)=[C](c1ccccc1)c1ccccc1)c1cc(C)ccc1-2.[Cl-].[Cl-]. The minimum absolute atomic E-state index is 0. The molecule has 0 radical (unpaired) electrons. The first-order chi connectivity index (χ1) is 18.0. The molecular weight excluding hydrogens is 595 g/mol. The molecule has 0 N–H and O–H groups in total. The van der Waals surface area contributed by atoms with Gasteiger partial charge in [0.15, 0.2) is 0 Å². The van der Waals surface area contributed by atoms with Crippen LogP contribution in [0.15, 0.2) is 118 Å². The Morgan fingerprint density at radius 2 is 1.18 bits per heavy atom. The number of fused-ring (bicyclic) bond motifs is 3. The molecule has 0 saturated carbocycles. The second-order valence-corrected chi connectivity index (χ2v) is 17.1. The van der Waals surface area contributed by atoms with Crippen LogP contribution < -0.4 is 24.8 Å². The van der Waals surface area contributed by atoms with Crippen molar-refractivity contribution in [3.8, 4) is 11.1 Å². The minimum Gasteiger partial charge on any atom is -1.00 e. The monoisotopic (exact) mass is 626 g/mol. The van der Waals surface area contributed by atoms with Crippen molar-refractivity contribution in [2.45, 2.75) is 37.7 Å². The van der Waals surface area contributed by atoms with Crippen LogP contribution in [0, 0.1) is 19.8 Å². The molecule has 4 aromatic carbocycles. The summed E-state index contributed by atoms with van der Waals surface area (Å²) in [5, 5.41) is 0. The zero-order valence-electron chi connectivity index (χ0n) is 23.0. The second-order valence-electron chi connectivity index (χ2n) is 10.9. The number of hydrogen-bond acceptors (Lipinski definition) is 0. The Morgan fingerprint density at radius 1 is 0.692 bits per heavy atom. The van der Waals surface area contributed by atoms with Crippen molar-refractivity contribution in [3.05, 3.63) is 151 Å². The Balaban J connectivity index is 0.00000176. The van der Waals surface area contributed by atoms with Gasteiger partial charge in [-0.05, 0) is 0 Å². The topological polar surface area (TPSA) is 0 Å². The van der Waals surface area contributed by atoms with Crippen LogP contribution in [0.3, 0.4) is 0 Å². The van der Waals surface area contributed by atoms with Crippen LogP contribution in [0.2, 0.25) is 0 Å². The molecule has 0 nitrogen and oxygen atoms in total. The molecule has 39 heavy (non-hydrogen) atoms. The zero-order chi connectivity index (χ0) is 25.5. The van der Waals surface area contributed by atoms with Crippen LogP contribution in [0.25, 0.3) is 11.1 Å². The van der Waals surface area contributed by atoms with Crippen molar-refractivity contribution >= 4 is 3.21 Å². The molecule has 6 rings (SSSR count). The van der Waals surface area contributed by atoms with E-state index in [-0.39, 0.29) is 24.8 Å². The summed E-state index contributed by atoms with van der Waals surface area (Å²) in [6, 6.07) is 36.9. The maximum Gasteiger partial charge on any atom is -1.00 e. The fourth-order valence-electron chi connectivity index (χ4n) is 6.13. The molecule has 2 aliphatic rings. The third-order valence-corrected chi connectivity index (χ3v) is 16.2. The Morgan fingerprint density at radius 3 is 1.62 bits per heavy atom. The summed E-state index contributed by atoms with van der Waals surface area (Å²) < 4.78 is 3.81. The summed E-state index contributed by atoms with van der Waals surface area (Å²) in [5.74, 6) is 0.562.